The Labute approximate surface area is 139 Å². The average molecular weight is 332 g/mol. The Morgan fingerprint density at radius 2 is 1.78 bits per heavy atom. The van der Waals surface area contributed by atoms with E-state index in [2.05, 4.69) is 5.32 Å². The Morgan fingerprint density at radius 1 is 1.17 bits per heavy atom. The number of nitro groups is 1. The quantitative estimate of drug-likeness (QED) is 0.498. The van der Waals surface area contributed by atoms with Crippen LogP contribution in [0.5, 0.6) is 11.5 Å². The lowest BCUT2D eigenvalue weighted by atomic mass is 10.1. The molecule has 1 N–H and O–H groups in total. The second-order valence-corrected chi connectivity index (χ2v) is 5.09. The molecule has 0 radical (unpaired) electrons. The first-order valence-corrected chi connectivity index (χ1v) is 7.19. The zero-order valence-electron chi connectivity index (χ0n) is 12.7. The van der Waals surface area contributed by atoms with Crippen LogP contribution in [0.2, 0.25) is 0 Å². The number of methoxy groups -OCH3 is 2. The molecule has 2 aromatic rings. The number of hydrogen-bond acceptors (Lipinski definition) is 5. The highest BCUT2D eigenvalue weighted by atomic mass is 32.1. The SMILES string of the molecule is COc1cc(CNC(=S)c2ccccc2[N+](=O)[O-])cc(OC)c1. The third kappa shape index (κ3) is 4.17. The van der Waals surface area contributed by atoms with E-state index in [0.29, 0.717) is 28.6 Å². The molecule has 0 aliphatic heterocycles. The second-order valence-electron chi connectivity index (χ2n) is 4.68. The maximum absolute atomic E-state index is 11.1. The number of para-hydroxylation sites is 1. The lowest BCUT2D eigenvalue weighted by Crippen LogP contribution is -2.22. The van der Waals surface area contributed by atoms with Crippen molar-refractivity contribution in [2.24, 2.45) is 0 Å². The molecule has 23 heavy (non-hydrogen) atoms. The molecule has 0 spiro atoms. The lowest BCUT2D eigenvalue weighted by molar-refractivity contribution is -0.385. The van der Waals surface area contributed by atoms with Crippen molar-refractivity contribution in [3.63, 3.8) is 0 Å². The summed E-state index contributed by atoms with van der Waals surface area (Å²) in [5, 5.41) is 14.1. The smallest absolute Gasteiger partial charge is 0.279 e. The topological polar surface area (TPSA) is 73.6 Å². The Hall–Kier alpha value is -2.67. The maximum Gasteiger partial charge on any atom is 0.279 e. The number of nitro benzene ring substituents is 1. The number of ether oxygens (including phenoxy) is 2. The van der Waals surface area contributed by atoms with E-state index < -0.39 is 4.92 Å². The summed E-state index contributed by atoms with van der Waals surface area (Å²) in [5.74, 6) is 1.33. The predicted octanol–water partition coefficient (Wildman–Crippen LogP) is 3.08. The van der Waals surface area contributed by atoms with E-state index in [1.807, 2.05) is 12.1 Å². The van der Waals surface area contributed by atoms with E-state index in [1.54, 1.807) is 38.5 Å². The van der Waals surface area contributed by atoms with Gasteiger partial charge in [-0.05, 0) is 23.8 Å². The number of nitrogens with zero attached hydrogens (tertiary/aromatic N) is 1. The highest BCUT2D eigenvalue weighted by Crippen LogP contribution is 2.23. The summed E-state index contributed by atoms with van der Waals surface area (Å²) in [5.41, 5.74) is 1.26. The Morgan fingerprint density at radius 3 is 2.35 bits per heavy atom. The van der Waals surface area contributed by atoms with E-state index in [4.69, 9.17) is 21.7 Å². The van der Waals surface area contributed by atoms with Gasteiger partial charge in [-0.1, -0.05) is 24.4 Å². The molecule has 0 heterocycles. The zero-order chi connectivity index (χ0) is 16.8. The van der Waals surface area contributed by atoms with Crippen LogP contribution < -0.4 is 14.8 Å². The summed E-state index contributed by atoms with van der Waals surface area (Å²) in [6.07, 6.45) is 0. The van der Waals surface area contributed by atoms with Gasteiger partial charge in [-0.25, -0.2) is 0 Å². The van der Waals surface area contributed by atoms with E-state index in [-0.39, 0.29) is 5.69 Å². The monoisotopic (exact) mass is 332 g/mol. The second kappa shape index (κ2) is 7.55. The van der Waals surface area contributed by atoms with Gasteiger partial charge in [0, 0.05) is 18.7 Å². The average Bonchev–Trinajstić information content (AvgIpc) is 2.59. The van der Waals surface area contributed by atoms with Gasteiger partial charge in [-0.3, -0.25) is 10.1 Å². The van der Waals surface area contributed by atoms with Crippen LogP contribution in [0.15, 0.2) is 42.5 Å². The van der Waals surface area contributed by atoms with E-state index in [0.717, 1.165) is 5.56 Å². The number of rotatable bonds is 6. The predicted molar refractivity (Wildman–Crippen MR) is 91.2 cm³/mol. The Bertz CT molecular complexity index is 712. The van der Waals surface area contributed by atoms with Gasteiger partial charge in [-0.15, -0.1) is 0 Å². The molecule has 0 unspecified atom stereocenters. The van der Waals surface area contributed by atoms with Gasteiger partial charge >= 0.3 is 0 Å². The molecule has 2 rings (SSSR count). The first kappa shape index (κ1) is 16.7. The number of nitrogens with one attached hydrogen (secondary N) is 1. The molecule has 2 aromatic carbocycles. The van der Waals surface area contributed by atoms with E-state index >= 15 is 0 Å². The Balaban J connectivity index is 2.15. The molecule has 0 bridgehead atoms. The van der Waals surface area contributed by atoms with Crippen molar-refractivity contribution in [2.45, 2.75) is 6.54 Å². The van der Waals surface area contributed by atoms with Crippen LogP contribution in [-0.4, -0.2) is 24.1 Å². The fraction of sp³-hybridized carbons (Fsp3) is 0.188. The number of thiocarbonyl (C=S) groups is 1. The van der Waals surface area contributed by atoms with Crippen LogP contribution in [0.3, 0.4) is 0 Å². The normalized spacial score (nSPS) is 10.0. The minimum absolute atomic E-state index is 0.0202. The molecule has 0 atom stereocenters. The van der Waals surface area contributed by atoms with Crippen LogP contribution in [0.1, 0.15) is 11.1 Å². The van der Waals surface area contributed by atoms with Crippen molar-refractivity contribution in [2.75, 3.05) is 14.2 Å². The molecule has 0 fully saturated rings. The van der Waals surface area contributed by atoms with Crippen molar-refractivity contribution in [1.82, 2.24) is 5.32 Å². The van der Waals surface area contributed by atoms with Crippen LogP contribution in [-0.2, 0) is 6.54 Å². The highest BCUT2D eigenvalue weighted by molar-refractivity contribution is 7.80. The van der Waals surface area contributed by atoms with Crippen LogP contribution in [0, 0.1) is 10.1 Å². The summed E-state index contributed by atoms with van der Waals surface area (Å²) >= 11 is 5.27. The standard InChI is InChI=1S/C16H16N2O4S/c1-21-12-7-11(8-13(9-12)22-2)10-17-16(23)14-5-3-4-6-15(14)18(19)20/h3-9H,10H2,1-2H3,(H,17,23). The molecular weight excluding hydrogens is 316 g/mol. The molecule has 0 aromatic heterocycles. The summed E-state index contributed by atoms with van der Waals surface area (Å²) in [7, 11) is 3.15. The first-order chi connectivity index (χ1) is 11.0. The van der Waals surface area contributed by atoms with Gasteiger partial charge in [0.25, 0.3) is 5.69 Å². The minimum atomic E-state index is -0.447. The molecular formula is C16H16N2O4S. The Kier molecular flexibility index (Phi) is 5.48. The summed E-state index contributed by atoms with van der Waals surface area (Å²) < 4.78 is 10.4. The molecule has 0 saturated carbocycles. The molecule has 7 heteroatoms. The third-order valence-corrected chi connectivity index (χ3v) is 3.57. The number of benzene rings is 2. The van der Waals surface area contributed by atoms with Crippen molar-refractivity contribution < 1.29 is 14.4 Å². The van der Waals surface area contributed by atoms with Gasteiger partial charge in [-0.2, -0.15) is 0 Å². The summed E-state index contributed by atoms with van der Waals surface area (Å²) in [4.78, 5) is 10.9. The van der Waals surface area contributed by atoms with Gasteiger partial charge < -0.3 is 14.8 Å². The molecule has 6 nitrogen and oxygen atoms in total. The van der Waals surface area contributed by atoms with Crippen molar-refractivity contribution >= 4 is 22.9 Å². The van der Waals surface area contributed by atoms with E-state index in [1.165, 1.54) is 6.07 Å². The van der Waals surface area contributed by atoms with Crippen molar-refractivity contribution in [1.29, 1.82) is 0 Å². The van der Waals surface area contributed by atoms with Crippen LogP contribution in [0.4, 0.5) is 5.69 Å². The molecule has 0 amide bonds. The van der Waals surface area contributed by atoms with E-state index in [9.17, 15) is 10.1 Å². The van der Waals surface area contributed by atoms with Crippen LogP contribution >= 0.6 is 12.2 Å². The highest BCUT2D eigenvalue weighted by Gasteiger charge is 2.16. The van der Waals surface area contributed by atoms with Gasteiger partial charge in [0.2, 0.25) is 0 Å². The molecule has 120 valence electrons. The first-order valence-electron chi connectivity index (χ1n) is 6.78. The third-order valence-electron chi connectivity index (χ3n) is 3.21. The molecule has 0 saturated heterocycles. The lowest BCUT2D eigenvalue weighted by Gasteiger charge is -2.11. The summed E-state index contributed by atoms with van der Waals surface area (Å²) in [6, 6.07) is 11.8. The zero-order valence-corrected chi connectivity index (χ0v) is 13.6. The van der Waals surface area contributed by atoms with Crippen molar-refractivity contribution in [3.05, 3.63) is 63.7 Å². The fourth-order valence-electron chi connectivity index (χ4n) is 2.07. The minimum Gasteiger partial charge on any atom is -0.497 e. The molecule has 0 aliphatic rings. The van der Waals surface area contributed by atoms with Crippen LogP contribution in [0.25, 0.3) is 0 Å². The van der Waals surface area contributed by atoms with Gasteiger partial charge in [0.15, 0.2) is 0 Å². The number of hydrogen-bond donors (Lipinski definition) is 1. The maximum atomic E-state index is 11.1. The van der Waals surface area contributed by atoms with Gasteiger partial charge in [0.05, 0.1) is 24.7 Å². The fourth-order valence-corrected chi connectivity index (χ4v) is 2.32. The summed E-state index contributed by atoms with van der Waals surface area (Å²) in [6.45, 7) is 0.401. The largest absolute Gasteiger partial charge is 0.497 e. The molecule has 0 aliphatic carbocycles. The van der Waals surface area contributed by atoms with Crippen molar-refractivity contribution in [3.8, 4) is 11.5 Å². The van der Waals surface area contributed by atoms with Gasteiger partial charge in [0.1, 0.15) is 16.5 Å².